The van der Waals surface area contributed by atoms with Crippen LogP contribution in [0.1, 0.15) is 42.5 Å². The highest BCUT2D eigenvalue weighted by atomic mass is 16.6. The van der Waals surface area contributed by atoms with Gasteiger partial charge in [0.2, 0.25) is 0 Å². The van der Waals surface area contributed by atoms with Crippen LogP contribution in [0.5, 0.6) is 0 Å². The van der Waals surface area contributed by atoms with Crippen LogP contribution >= 0.6 is 0 Å². The number of carbonyl (C=O) groups excluding carboxylic acids is 1. The summed E-state index contributed by atoms with van der Waals surface area (Å²) in [5.74, 6) is 0.583. The Morgan fingerprint density at radius 3 is 2.34 bits per heavy atom. The molecule has 0 radical (unpaired) electrons. The van der Waals surface area contributed by atoms with Gasteiger partial charge >= 0.3 is 5.97 Å². The van der Waals surface area contributed by atoms with E-state index in [0.717, 1.165) is 33.5 Å². The van der Waals surface area contributed by atoms with Gasteiger partial charge in [-0.1, -0.05) is 54.6 Å². The summed E-state index contributed by atoms with van der Waals surface area (Å²) in [6, 6.07) is 23.9. The van der Waals surface area contributed by atoms with Gasteiger partial charge in [-0.2, -0.15) is 0 Å². The molecule has 5 heteroatoms. The Kier molecular flexibility index (Phi) is 6.10. The van der Waals surface area contributed by atoms with Crippen LogP contribution in [0.3, 0.4) is 0 Å². The van der Waals surface area contributed by atoms with Crippen molar-refractivity contribution in [2.24, 2.45) is 0 Å². The van der Waals surface area contributed by atoms with Gasteiger partial charge in [0.05, 0.1) is 16.6 Å². The SMILES string of the molecule is COCc1nc2ccccc2n1Cc1ccc(-c2ccccc2C(=O)OC(C)(C)C)cc1. The molecular weight excluding hydrogens is 400 g/mol. The van der Waals surface area contributed by atoms with Crippen LogP contribution in [0.15, 0.2) is 72.8 Å². The van der Waals surface area contributed by atoms with Crippen molar-refractivity contribution in [3.05, 3.63) is 89.7 Å². The van der Waals surface area contributed by atoms with Gasteiger partial charge in [0.25, 0.3) is 0 Å². The van der Waals surface area contributed by atoms with Gasteiger partial charge in [0, 0.05) is 13.7 Å². The molecule has 0 unspecified atom stereocenters. The van der Waals surface area contributed by atoms with E-state index in [4.69, 9.17) is 14.5 Å². The molecule has 0 saturated heterocycles. The summed E-state index contributed by atoms with van der Waals surface area (Å²) in [6.07, 6.45) is 0. The second-order valence-electron chi connectivity index (χ2n) is 8.78. The first-order valence-corrected chi connectivity index (χ1v) is 10.7. The second-order valence-corrected chi connectivity index (χ2v) is 8.78. The van der Waals surface area contributed by atoms with Crippen molar-refractivity contribution in [3.8, 4) is 11.1 Å². The molecular formula is C27H28N2O3. The molecule has 1 heterocycles. The number of imidazole rings is 1. The van der Waals surface area contributed by atoms with E-state index < -0.39 is 5.60 Å². The maximum atomic E-state index is 12.7. The lowest BCUT2D eigenvalue weighted by Gasteiger charge is -2.20. The van der Waals surface area contributed by atoms with Crippen LogP contribution in [-0.2, 0) is 22.6 Å². The minimum atomic E-state index is -0.540. The summed E-state index contributed by atoms with van der Waals surface area (Å²) in [6.45, 7) is 6.77. The highest BCUT2D eigenvalue weighted by Gasteiger charge is 2.20. The molecule has 0 aliphatic carbocycles. The summed E-state index contributed by atoms with van der Waals surface area (Å²) in [7, 11) is 1.68. The molecule has 1 aromatic heterocycles. The minimum absolute atomic E-state index is 0.314. The molecule has 0 aliphatic heterocycles. The Labute approximate surface area is 188 Å². The highest BCUT2D eigenvalue weighted by Crippen LogP contribution is 2.27. The van der Waals surface area contributed by atoms with Crippen molar-refractivity contribution in [2.45, 2.75) is 39.5 Å². The predicted molar refractivity (Wildman–Crippen MR) is 127 cm³/mol. The molecule has 0 bridgehead atoms. The smallest absolute Gasteiger partial charge is 0.339 e. The van der Waals surface area contributed by atoms with E-state index in [2.05, 4.69) is 22.8 Å². The van der Waals surface area contributed by atoms with E-state index >= 15 is 0 Å². The summed E-state index contributed by atoms with van der Waals surface area (Å²) >= 11 is 0. The Hall–Kier alpha value is -3.44. The fraction of sp³-hybridized carbons (Fsp3) is 0.259. The standard InChI is InChI=1S/C27H28N2O3/c1-27(2,3)32-26(30)22-10-6-5-9-21(22)20-15-13-19(14-16-20)17-29-24-12-8-7-11-23(24)28-25(29)18-31-4/h5-16H,17-18H2,1-4H3. The lowest BCUT2D eigenvalue weighted by Crippen LogP contribution is -2.24. The maximum Gasteiger partial charge on any atom is 0.339 e. The van der Waals surface area contributed by atoms with E-state index in [1.165, 1.54) is 0 Å². The second kappa shape index (κ2) is 8.97. The Morgan fingerprint density at radius 1 is 0.938 bits per heavy atom. The van der Waals surface area contributed by atoms with E-state index in [-0.39, 0.29) is 5.97 Å². The van der Waals surface area contributed by atoms with Crippen molar-refractivity contribution in [3.63, 3.8) is 0 Å². The quantitative estimate of drug-likeness (QED) is 0.361. The number of nitrogens with zero attached hydrogens (tertiary/aromatic N) is 2. The van der Waals surface area contributed by atoms with Crippen LogP contribution < -0.4 is 0 Å². The number of fused-ring (bicyclic) bond motifs is 1. The summed E-state index contributed by atoms with van der Waals surface area (Å²) < 4.78 is 13.1. The number of hydrogen-bond donors (Lipinski definition) is 0. The number of aromatic nitrogens is 2. The van der Waals surface area contributed by atoms with E-state index in [1.807, 2.05) is 75.4 Å². The molecule has 0 aliphatic rings. The summed E-state index contributed by atoms with van der Waals surface area (Å²) in [5, 5.41) is 0. The zero-order valence-electron chi connectivity index (χ0n) is 19.0. The third-order valence-corrected chi connectivity index (χ3v) is 5.16. The Balaban J connectivity index is 1.63. The van der Waals surface area contributed by atoms with Gasteiger partial charge in [-0.25, -0.2) is 9.78 Å². The molecule has 0 atom stereocenters. The van der Waals surface area contributed by atoms with Crippen molar-refractivity contribution in [1.29, 1.82) is 0 Å². The Morgan fingerprint density at radius 2 is 1.62 bits per heavy atom. The van der Waals surface area contributed by atoms with Crippen molar-refractivity contribution >= 4 is 17.0 Å². The molecule has 3 aromatic carbocycles. The van der Waals surface area contributed by atoms with Gasteiger partial charge in [-0.3, -0.25) is 0 Å². The van der Waals surface area contributed by atoms with Crippen LogP contribution in [0.4, 0.5) is 0 Å². The Bertz CT molecular complexity index is 1230. The summed E-state index contributed by atoms with van der Waals surface area (Å²) in [5.41, 5.74) is 5.05. The maximum absolute atomic E-state index is 12.7. The zero-order valence-corrected chi connectivity index (χ0v) is 19.0. The number of ether oxygens (including phenoxy) is 2. The van der Waals surface area contributed by atoms with Gasteiger partial charge in [-0.05, 0) is 55.7 Å². The van der Waals surface area contributed by atoms with Crippen molar-refractivity contribution in [2.75, 3.05) is 7.11 Å². The van der Waals surface area contributed by atoms with E-state index in [9.17, 15) is 4.79 Å². The number of benzene rings is 3. The van der Waals surface area contributed by atoms with Gasteiger partial charge in [-0.15, -0.1) is 0 Å². The van der Waals surface area contributed by atoms with E-state index in [1.54, 1.807) is 7.11 Å². The summed E-state index contributed by atoms with van der Waals surface area (Å²) in [4.78, 5) is 17.4. The number of para-hydroxylation sites is 2. The fourth-order valence-corrected chi connectivity index (χ4v) is 3.76. The molecule has 0 spiro atoms. The highest BCUT2D eigenvalue weighted by molar-refractivity contribution is 5.97. The number of carbonyl (C=O) groups is 1. The molecule has 0 amide bonds. The number of rotatable bonds is 6. The predicted octanol–water partition coefficient (Wildman–Crippen LogP) is 5.85. The molecule has 4 aromatic rings. The average molecular weight is 429 g/mol. The number of hydrogen-bond acceptors (Lipinski definition) is 4. The minimum Gasteiger partial charge on any atom is -0.456 e. The van der Waals surface area contributed by atoms with Crippen molar-refractivity contribution < 1.29 is 14.3 Å². The van der Waals surface area contributed by atoms with E-state index in [0.29, 0.717) is 18.7 Å². The largest absolute Gasteiger partial charge is 0.456 e. The molecule has 4 rings (SSSR count). The first-order valence-electron chi connectivity index (χ1n) is 10.7. The molecule has 5 nitrogen and oxygen atoms in total. The average Bonchev–Trinajstić information content (AvgIpc) is 3.10. The lowest BCUT2D eigenvalue weighted by molar-refractivity contribution is 0.00704. The normalized spacial score (nSPS) is 11.6. The number of methoxy groups -OCH3 is 1. The van der Waals surface area contributed by atoms with Gasteiger partial charge < -0.3 is 14.0 Å². The lowest BCUT2D eigenvalue weighted by atomic mass is 9.98. The van der Waals surface area contributed by atoms with Crippen LogP contribution in [0, 0.1) is 0 Å². The zero-order chi connectivity index (χ0) is 22.7. The molecule has 0 fully saturated rings. The van der Waals surface area contributed by atoms with Crippen LogP contribution in [0.25, 0.3) is 22.2 Å². The topological polar surface area (TPSA) is 53.4 Å². The number of esters is 1. The third-order valence-electron chi connectivity index (χ3n) is 5.16. The molecule has 32 heavy (non-hydrogen) atoms. The molecule has 164 valence electrons. The van der Waals surface area contributed by atoms with Crippen molar-refractivity contribution in [1.82, 2.24) is 9.55 Å². The van der Waals surface area contributed by atoms with Gasteiger partial charge in [0.1, 0.15) is 18.0 Å². The molecule has 0 N–H and O–H groups in total. The monoisotopic (exact) mass is 428 g/mol. The first-order chi connectivity index (χ1) is 15.4. The van der Waals surface area contributed by atoms with Gasteiger partial charge in [0.15, 0.2) is 0 Å². The molecule has 0 saturated carbocycles. The fourth-order valence-electron chi connectivity index (χ4n) is 3.76. The van der Waals surface area contributed by atoms with Crippen LogP contribution in [0.2, 0.25) is 0 Å². The third kappa shape index (κ3) is 4.73. The first kappa shape index (κ1) is 21.8. The van der Waals surface area contributed by atoms with Crippen LogP contribution in [-0.4, -0.2) is 28.2 Å².